The molecule has 0 unspecified atom stereocenters. The largest absolute Gasteiger partial charge is 0.329 e. The van der Waals surface area contributed by atoms with Crippen LogP contribution in [-0.2, 0) is 0 Å². The summed E-state index contributed by atoms with van der Waals surface area (Å²) in [4.78, 5) is 13.7. The number of amides is 1. The Balaban J connectivity index is 2.22. The molecule has 1 amide bonds. The van der Waals surface area contributed by atoms with Crippen molar-refractivity contribution in [2.75, 3.05) is 18.2 Å². The van der Waals surface area contributed by atoms with Gasteiger partial charge in [0.05, 0.1) is 16.5 Å². The highest BCUT2D eigenvalue weighted by Crippen LogP contribution is 2.21. The van der Waals surface area contributed by atoms with E-state index < -0.39 is 0 Å². The van der Waals surface area contributed by atoms with Crippen molar-refractivity contribution < 1.29 is 4.79 Å². The minimum absolute atomic E-state index is 0.0422. The average molecular weight is 228 g/mol. The zero-order chi connectivity index (χ0) is 9.97. The average Bonchev–Trinajstić information content (AvgIpc) is 2.70. The third kappa shape index (κ3) is 1.88. The molecule has 0 atom stereocenters. The first kappa shape index (κ1) is 9.87. The minimum Gasteiger partial charge on any atom is -0.329 e. The van der Waals surface area contributed by atoms with Gasteiger partial charge in [0, 0.05) is 12.3 Å². The van der Waals surface area contributed by atoms with E-state index in [0.29, 0.717) is 10.6 Å². The monoisotopic (exact) mass is 227 g/mol. The second-order valence-corrected chi connectivity index (χ2v) is 4.57. The predicted molar refractivity (Wildman–Crippen MR) is 59.8 cm³/mol. The fourth-order valence-electron chi connectivity index (χ4n) is 1.38. The summed E-state index contributed by atoms with van der Waals surface area (Å²) in [5.74, 6) is 1.85. The van der Waals surface area contributed by atoms with Crippen LogP contribution in [0.2, 0.25) is 5.02 Å². The van der Waals surface area contributed by atoms with Gasteiger partial charge in [-0.1, -0.05) is 23.7 Å². The quantitative estimate of drug-likeness (QED) is 0.735. The minimum atomic E-state index is 0.0422. The van der Waals surface area contributed by atoms with Crippen molar-refractivity contribution in [2.24, 2.45) is 0 Å². The summed E-state index contributed by atoms with van der Waals surface area (Å²) in [5.41, 5.74) is 0.608. The molecule has 1 fully saturated rings. The van der Waals surface area contributed by atoms with E-state index in [0.717, 1.165) is 18.2 Å². The Kier molecular flexibility index (Phi) is 2.99. The van der Waals surface area contributed by atoms with Crippen molar-refractivity contribution in [3.63, 3.8) is 0 Å². The van der Waals surface area contributed by atoms with Gasteiger partial charge in [-0.3, -0.25) is 4.79 Å². The highest BCUT2D eigenvalue weighted by Gasteiger charge is 2.21. The smallest absolute Gasteiger partial charge is 0.256 e. The lowest BCUT2D eigenvalue weighted by atomic mass is 10.2. The molecule has 1 aliphatic heterocycles. The number of nitrogens with zero attached hydrogens (tertiary/aromatic N) is 1. The fourth-order valence-corrected chi connectivity index (χ4v) is 2.54. The third-order valence-corrected chi connectivity index (χ3v) is 3.44. The molecule has 4 heteroatoms. The summed E-state index contributed by atoms with van der Waals surface area (Å²) in [6, 6.07) is 7.19. The fraction of sp³-hybridized carbons (Fsp3) is 0.300. The highest BCUT2D eigenvalue weighted by molar-refractivity contribution is 7.99. The van der Waals surface area contributed by atoms with Crippen LogP contribution in [0.25, 0.3) is 0 Å². The number of carbonyl (C=O) groups excluding carboxylic acids is 1. The van der Waals surface area contributed by atoms with Gasteiger partial charge in [0.1, 0.15) is 0 Å². The van der Waals surface area contributed by atoms with Crippen LogP contribution in [0.3, 0.4) is 0 Å². The van der Waals surface area contributed by atoms with Crippen LogP contribution in [0.15, 0.2) is 24.3 Å². The van der Waals surface area contributed by atoms with Gasteiger partial charge in [0.15, 0.2) is 0 Å². The molecule has 1 heterocycles. The van der Waals surface area contributed by atoms with Crippen molar-refractivity contribution in [3.8, 4) is 0 Å². The summed E-state index contributed by atoms with van der Waals surface area (Å²) >= 11 is 7.72. The molecule has 0 radical (unpaired) electrons. The maximum atomic E-state index is 11.9. The first-order chi connectivity index (χ1) is 6.79. The first-order valence-electron chi connectivity index (χ1n) is 4.40. The predicted octanol–water partition coefficient (Wildman–Crippen LogP) is 2.49. The number of hydrogen-bond donors (Lipinski definition) is 0. The van der Waals surface area contributed by atoms with E-state index in [1.54, 1.807) is 23.9 Å². The zero-order valence-electron chi connectivity index (χ0n) is 7.57. The van der Waals surface area contributed by atoms with E-state index in [4.69, 9.17) is 11.6 Å². The number of rotatable bonds is 1. The third-order valence-electron chi connectivity index (χ3n) is 2.14. The lowest BCUT2D eigenvalue weighted by Gasteiger charge is -2.14. The molecular weight excluding hydrogens is 218 g/mol. The molecule has 1 saturated heterocycles. The number of hydrogen-bond acceptors (Lipinski definition) is 2. The van der Waals surface area contributed by atoms with Gasteiger partial charge in [-0.05, 0) is 12.1 Å². The van der Waals surface area contributed by atoms with Gasteiger partial charge in [0.2, 0.25) is 0 Å². The molecule has 2 rings (SSSR count). The lowest BCUT2D eigenvalue weighted by Crippen LogP contribution is -2.27. The van der Waals surface area contributed by atoms with Gasteiger partial charge < -0.3 is 4.90 Å². The van der Waals surface area contributed by atoms with E-state index in [1.807, 2.05) is 17.0 Å². The van der Waals surface area contributed by atoms with E-state index >= 15 is 0 Å². The lowest BCUT2D eigenvalue weighted by molar-refractivity contribution is 0.0803. The second-order valence-electron chi connectivity index (χ2n) is 3.09. The molecule has 74 valence electrons. The standard InChI is InChI=1S/C10H10ClNOS/c11-9-4-2-1-3-8(9)10(13)12-5-6-14-7-12/h1-4H,5-7H2. The summed E-state index contributed by atoms with van der Waals surface area (Å²) in [7, 11) is 0. The normalized spacial score (nSPS) is 15.9. The Morgan fingerprint density at radius 3 is 2.86 bits per heavy atom. The Labute approximate surface area is 92.2 Å². The zero-order valence-corrected chi connectivity index (χ0v) is 9.14. The van der Waals surface area contributed by atoms with Crippen LogP contribution in [-0.4, -0.2) is 29.0 Å². The first-order valence-corrected chi connectivity index (χ1v) is 5.94. The summed E-state index contributed by atoms with van der Waals surface area (Å²) in [6.07, 6.45) is 0. The SMILES string of the molecule is O=C(c1ccccc1Cl)N1CCSC1. The molecule has 0 N–H and O–H groups in total. The maximum absolute atomic E-state index is 11.9. The number of benzene rings is 1. The maximum Gasteiger partial charge on any atom is 0.256 e. The van der Waals surface area contributed by atoms with Crippen LogP contribution in [0.1, 0.15) is 10.4 Å². The van der Waals surface area contributed by atoms with Crippen molar-refractivity contribution in [1.29, 1.82) is 0 Å². The molecule has 0 bridgehead atoms. The molecule has 1 aromatic rings. The molecule has 14 heavy (non-hydrogen) atoms. The van der Waals surface area contributed by atoms with Crippen LogP contribution in [0, 0.1) is 0 Å². The van der Waals surface area contributed by atoms with Crippen molar-refractivity contribution in [1.82, 2.24) is 4.90 Å². The highest BCUT2D eigenvalue weighted by atomic mass is 35.5. The van der Waals surface area contributed by atoms with Crippen LogP contribution in [0.5, 0.6) is 0 Å². The summed E-state index contributed by atoms with van der Waals surface area (Å²) in [5, 5.41) is 0.536. The molecular formula is C10H10ClNOS. The molecule has 0 aromatic heterocycles. The van der Waals surface area contributed by atoms with E-state index in [2.05, 4.69) is 0 Å². The molecule has 1 aliphatic rings. The van der Waals surface area contributed by atoms with Gasteiger partial charge >= 0.3 is 0 Å². The molecule has 0 aliphatic carbocycles. The van der Waals surface area contributed by atoms with Crippen LogP contribution in [0.4, 0.5) is 0 Å². The molecule has 2 nitrogen and oxygen atoms in total. The number of halogens is 1. The van der Waals surface area contributed by atoms with Crippen molar-refractivity contribution in [3.05, 3.63) is 34.9 Å². The van der Waals surface area contributed by atoms with Crippen LogP contribution >= 0.6 is 23.4 Å². The second kappa shape index (κ2) is 4.24. The number of thioether (sulfide) groups is 1. The van der Waals surface area contributed by atoms with E-state index in [1.165, 1.54) is 0 Å². The summed E-state index contributed by atoms with van der Waals surface area (Å²) < 4.78 is 0. The Morgan fingerprint density at radius 1 is 1.43 bits per heavy atom. The van der Waals surface area contributed by atoms with E-state index in [-0.39, 0.29) is 5.91 Å². The van der Waals surface area contributed by atoms with Gasteiger partial charge in [-0.2, -0.15) is 0 Å². The Morgan fingerprint density at radius 2 is 2.21 bits per heavy atom. The van der Waals surface area contributed by atoms with Crippen molar-refractivity contribution >= 4 is 29.3 Å². The van der Waals surface area contributed by atoms with Gasteiger partial charge in [0.25, 0.3) is 5.91 Å². The van der Waals surface area contributed by atoms with Crippen LogP contribution < -0.4 is 0 Å². The molecule has 0 spiro atoms. The van der Waals surface area contributed by atoms with Gasteiger partial charge in [-0.15, -0.1) is 11.8 Å². The summed E-state index contributed by atoms with van der Waals surface area (Å²) in [6.45, 7) is 0.828. The Hall–Kier alpha value is -0.670. The molecule has 1 aromatic carbocycles. The van der Waals surface area contributed by atoms with Gasteiger partial charge in [-0.25, -0.2) is 0 Å². The van der Waals surface area contributed by atoms with E-state index in [9.17, 15) is 4.79 Å². The Bertz CT molecular complexity index is 350. The number of carbonyl (C=O) groups is 1. The molecule has 0 saturated carbocycles. The topological polar surface area (TPSA) is 20.3 Å². The van der Waals surface area contributed by atoms with Crippen molar-refractivity contribution in [2.45, 2.75) is 0 Å².